The number of phenolic OH excluding ortho intramolecular Hbond substituents is 1. The van der Waals surface area contributed by atoms with Crippen LogP contribution in [0.25, 0.3) is 11.3 Å². The van der Waals surface area contributed by atoms with Crippen LogP contribution in [0.5, 0.6) is 5.75 Å². The van der Waals surface area contributed by atoms with Crippen molar-refractivity contribution in [3.05, 3.63) is 78.0 Å². The molecule has 34 heavy (non-hydrogen) atoms. The molecule has 7 nitrogen and oxygen atoms in total. The highest BCUT2D eigenvalue weighted by atomic mass is 19.4. The Balaban J connectivity index is 1.61. The van der Waals surface area contributed by atoms with Crippen LogP contribution in [0.4, 0.5) is 23.7 Å². The molecule has 2 amide bonds. The molecule has 0 unspecified atom stereocenters. The molecular formula is C24H21F3N4O3. The van der Waals surface area contributed by atoms with Crippen molar-refractivity contribution < 1.29 is 27.9 Å². The van der Waals surface area contributed by atoms with Crippen molar-refractivity contribution in [3.63, 3.8) is 0 Å². The normalized spacial score (nSPS) is 13.4. The third-order valence-electron chi connectivity index (χ3n) is 5.30. The summed E-state index contributed by atoms with van der Waals surface area (Å²) in [7, 11) is 0. The first kappa shape index (κ1) is 23.1. The Morgan fingerprint density at radius 3 is 2.62 bits per heavy atom. The monoisotopic (exact) mass is 470 g/mol. The van der Waals surface area contributed by atoms with Gasteiger partial charge in [0, 0.05) is 29.3 Å². The van der Waals surface area contributed by atoms with Crippen LogP contribution in [-0.2, 0) is 6.18 Å². The molecule has 0 atom stereocenters. The standard InChI is InChI=1S/C24H21F3N4O3/c1-2-10-28-23(34)31-20(14-6-7-14)13-19(30-31)18-12-17(8-9-21(18)32)29-22(33)15-4-3-5-16(11-15)24(25,26)27/h2-5,8-9,11-14,32H,1,6-7,10H2,(H,28,34)(H,29,33). The fraction of sp³-hybridized carbons (Fsp3) is 0.208. The highest BCUT2D eigenvalue weighted by Gasteiger charge is 2.32. The molecule has 3 aromatic rings. The third-order valence-corrected chi connectivity index (χ3v) is 5.30. The Hall–Kier alpha value is -4.08. The Labute approximate surface area is 192 Å². The summed E-state index contributed by atoms with van der Waals surface area (Å²) >= 11 is 0. The molecule has 10 heteroatoms. The summed E-state index contributed by atoms with van der Waals surface area (Å²) in [6.07, 6.45) is -1.20. The third kappa shape index (κ3) is 4.95. The summed E-state index contributed by atoms with van der Waals surface area (Å²) in [5.41, 5.74) is 0.439. The van der Waals surface area contributed by atoms with Crippen LogP contribution in [-0.4, -0.2) is 33.4 Å². The maximum atomic E-state index is 13.0. The predicted octanol–water partition coefficient (Wildman–Crippen LogP) is 5.15. The van der Waals surface area contributed by atoms with Crippen molar-refractivity contribution in [3.8, 4) is 17.0 Å². The second-order valence-electron chi connectivity index (χ2n) is 7.88. The van der Waals surface area contributed by atoms with Gasteiger partial charge in [0.2, 0.25) is 0 Å². The van der Waals surface area contributed by atoms with E-state index < -0.39 is 23.7 Å². The summed E-state index contributed by atoms with van der Waals surface area (Å²) in [5.74, 6) is -0.687. The first-order valence-electron chi connectivity index (χ1n) is 10.5. The molecule has 1 aliphatic rings. The summed E-state index contributed by atoms with van der Waals surface area (Å²) in [4.78, 5) is 25.0. The average molecular weight is 470 g/mol. The summed E-state index contributed by atoms with van der Waals surface area (Å²) in [6, 6.07) is 9.56. The smallest absolute Gasteiger partial charge is 0.416 e. The van der Waals surface area contributed by atoms with Crippen LogP contribution in [0.2, 0.25) is 0 Å². The number of alkyl halides is 3. The van der Waals surface area contributed by atoms with Gasteiger partial charge in [-0.15, -0.1) is 6.58 Å². The van der Waals surface area contributed by atoms with Crippen LogP contribution in [0, 0.1) is 0 Å². The van der Waals surface area contributed by atoms with Gasteiger partial charge >= 0.3 is 12.2 Å². The molecular weight excluding hydrogens is 449 g/mol. The number of carbonyl (C=O) groups excluding carboxylic acids is 2. The fourth-order valence-corrected chi connectivity index (χ4v) is 3.45. The van der Waals surface area contributed by atoms with Gasteiger partial charge in [0.05, 0.1) is 17.0 Å². The largest absolute Gasteiger partial charge is 0.507 e. The number of carbonyl (C=O) groups is 2. The van der Waals surface area contributed by atoms with E-state index in [4.69, 9.17) is 0 Å². The summed E-state index contributed by atoms with van der Waals surface area (Å²) in [5, 5.41) is 19.9. The molecule has 3 N–H and O–H groups in total. The minimum absolute atomic E-state index is 0.129. The maximum absolute atomic E-state index is 13.0. The molecule has 1 heterocycles. The van der Waals surface area contributed by atoms with Crippen LogP contribution < -0.4 is 10.6 Å². The van der Waals surface area contributed by atoms with E-state index in [0.717, 1.165) is 31.0 Å². The number of amides is 2. The Morgan fingerprint density at radius 2 is 1.94 bits per heavy atom. The molecule has 0 bridgehead atoms. The number of nitrogens with one attached hydrogen (secondary N) is 2. The van der Waals surface area contributed by atoms with E-state index in [0.29, 0.717) is 11.4 Å². The van der Waals surface area contributed by atoms with Gasteiger partial charge in [0.15, 0.2) is 0 Å². The Kier molecular flexibility index (Phi) is 6.14. The van der Waals surface area contributed by atoms with Crippen molar-refractivity contribution in [2.45, 2.75) is 24.9 Å². The minimum Gasteiger partial charge on any atom is -0.507 e. The van der Waals surface area contributed by atoms with E-state index in [1.165, 1.54) is 28.9 Å². The zero-order valence-electron chi connectivity index (χ0n) is 17.9. The van der Waals surface area contributed by atoms with Crippen molar-refractivity contribution >= 4 is 17.6 Å². The van der Waals surface area contributed by atoms with Crippen LogP contribution in [0.3, 0.4) is 0 Å². The average Bonchev–Trinajstić information content (AvgIpc) is 3.56. The molecule has 176 valence electrons. The lowest BCUT2D eigenvalue weighted by atomic mass is 10.1. The van der Waals surface area contributed by atoms with Crippen LogP contribution >= 0.6 is 0 Å². The van der Waals surface area contributed by atoms with E-state index in [1.807, 2.05) is 0 Å². The number of anilines is 1. The zero-order valence-corrected chi connectivity index (χ0v) is 17.9. The summed E-state index contributed by atoms with van der Waals surface area (Å²) in [6.45, 7) is 3.83. The second-order valence-corrected chi connectivity index (χ2v) is 7.88. The second kappa shape index (κ2) is 9.05. The Bertz CT molecular complexity index is 1260. The topological polar surface area (TPSA) is 96.3 Å². The SMILES string of the molecule is C=CCNC(=O)n1nc(-c2cc(NC(=O)c3cccc(C(F)(F)F)c3)ccc2O)cc1C1CC1. The van der Waals surface area contributed by atoms with Gasteiger partial charge < -0.3 is 15.7 Å². The molecule has 2 aromatic carbocycles. The lowest BCUT2D eigenvalue weighted by molar-refractivity contribution is -0.137. The molecule has 0 aliphatic heterocycles. The van der Waals surface area contributed by atoms with Crippen molar-refractivity contribution in [2.75, 3.05) is 11.9 Å². The number of aromatic nitrogens is 2. The van der Waals surface area contributed by atoms with Crippen molar-refractivity contribution in [2.24, 2.45) is 0 Å². The molecule has 1 fully saturated rings. The molecule has 1 saturated carbocycles. The number of hydrogen-bond acceptors (Lipinski definition) is 4. The minimum atomic E-state index is -4.57. The number of benzene rings is 2. The first-order chi connectivity index (χ1) is 16.2. The van der Waals surface area contributed by atoms with E-state index in [1.54, 1.807) is 12.1 Å². The van der Waals surface area contributed by atoms with E-state index in [2.05, 4.69) is 22.3 Å². The molecule has 0 spiro atoms. The predicted molar refractivity (Wildman–Crippen MR) is 120 cm³/mol. The lowest BCUT2D eigenvalue weighted by Gasteiger charge is -2.10. The number of aromatic hydroxyl groups is 1. The van der Waals surface area contributed by atoms with E-state index in [9.17, 15) is 27.9 Å². The molecule has 4 rings (SSSR count). The molecule has 1 aromatic heterocycles. The van der Waals surface area contributed by atoms with Crippen molar-refractivity contribution in [1.82, 2.24) is 15.1 Å². The van der Waals surface area contributed by atoms with Gasteiger partial charge in [-0.05, 0) is 55.3 Å². The fourth-order valence-electron chi connectivity index (χ4n) is 3.45. The van der Waals surface area contributed by atoms with Crippen LogP contribution in [0.1, 0.15) is 40.4 Å². The van der Waals surface area contributed by atoms with E-state index in [-0.39, 0.29) is 35.0 Å². The number of nitrogens with zero attached hydrogens (tertiary/aromatic N) is 2. The van der Waals surface area contributed by atoms with Gasteiger partial charge in [-0.2, -0.15) is 23.0 Å². The number of phenols is 1. The molecule has 0 saturated heterocycles. The lowest BCUT2D eigenvalue weighted by Crippen LogP contribution is -2.30. The van der Waals surface area contributed by atoms with Crippen LogP contribution in [0.15, 0.2) is 61.2 Å². The summed E-state index contributed by atoms with van der Waals surface area (Å²) < 4.78 is 40.1. The van der Waals surface area contributed by atoms with Crippen molar-refractivity contribution in [1.29, 1.82) is 0 Å². The molecule has 0 radical (unpaired) electrons. The zero-order chi connectivity index (χ0) is 24.5. The maximum Gasteiger partial charge on any atom is 0.416 e. The first-order valence-corrected chi connectivity index (χ1v) is 10.5. The van der Waals surface area contributed by atoms with Gasteiger partial charge in [-0.25, -0.2) is 4.79 Å². The van der Waals surface area contributed by atoms with E-state index >= 15 is 0 Å². The number of rotatable bonds is 6. The number of halogens is 3. The van der Waals surface area contributed by atoms with Gasteiger partial charge in [0.25, 0.3) is 5.91 Å². The number of hydrogen-bond donors (Lipinski definition) is 3. The highest BCUT2D eigenvalue weighted by molar-refractivity contribution is 6.04. The Morgan fingerprint density at radius 1 is 1.18 bits per heavy atom. The van der Waals surface area contributed by atoms with Gasteiger partial charge in [-0.1, -0.05) is 12.1 Å². The highest BCUT2D eigenvalue weighted by Crippen LogP contribution is 2.42. The quantitative estimate of drug-likeness (QED) is 0.343. The van der Waals surface area contributed by atoms with Gasteiger partial charge in [0.1, 0.15) is 5.75 Å². The molecule has 1 aliphatic carbocycles. The van der Waals surface area contributed by atoms with Gasteiger partial charge in [-0.3, -0.25) is 4.79 Å².